The number of non-ortho nitro benzene ring substituents is 1. The molecule has 1 aliphatic heterocycles. The van der Waals surface area contributed by atoms with E-state index in [9.17, 15) is 15.4 Å². The molecule has 0 N–H and O–H groups in total. The number of hydrogen-bond donors (Lipinski definition) is 0. The second kappa shape index (κ2) is 7.79. The number of nitro benzene ring substituents is 1. The highest BCUT2D eigenvalue weighted by atomic mass is 16.6. The Balaban J connectivity index is 1.54. The Bertz CT molecular complexity index is 1360. The van der Waals surface area contributed by atoms with Gasteiger partial charge >= 0.3 is 0 Å². The fourth-order valence-electron chi connectivity index (χ4n) is 3.63. The first-order chi connectivity index (χ1) is 15.5. The van der Waals surface area contributed by atoms with Gasteiger partial charge in [0.15, 0.2) is 0 Å². The van der Waals surface area contributed by atoms with E-state index >= 15 is 0 Å². The highest BCUT2D eigenvalue weighted by Crippen LogP contribution is 2.34. The van der Waals surface area contributed by atoms with E-state index < -0.39 is 11.0 Å². The largest absolute Gasteiger partial charge is 0.484 e. The fraction of sp³-hybridized carbons (Fsp3) is 0.227. The van der Waals surface area contributed by atoms with Crippen LogP contribution in [0.3, 0.4) is 0 Å². The van der Waals surface area contributed by atoms with Gasteiger partial charge in [0.25, 0.3) is 5.69 Å². The molecule has 1 aromatic carbocycles. The zero-order valence-electron chi connectivity index (χ0n) is 17.1. The first-order valence-electron chi connectivity index (χ1n) is 9.98. The van der Waals surface area contributed by atoms with Crippen LogP contribution in [0.2, 0.25) is 0 Å². The van der Waals surface area contributed by atoms with Gasteiger partial charge in [0, 0.05) is 35.7 Å². The van der Waals surface area contributed by atoms with Crippen LogP contribution in [0.1, 0.15) is 30.2 Å². The molecule has 10 nitrogen and oxygen atoms in total. The van der Waals surface area contributed by atoms with Crippen LogP contribution < -0.4 is 4.74 Å². The number of fused-ring (bicyclic) bond motifs is 1. The van der Waals surface area contributed by atoms with Crippen LogP contribution >= 0.6 is 0 Å². The van der Waals surface area contributed by atoms with Gasteiger partial charge in [-0.3, -0.25) is 14.8 Å². The molecule has 0 aliphatic carbocycles. The van der Waals surface area contributed by atoms with E-state index in [0.29, 0.717) is 35.6 Å². The van der Waals surface area contributed by atoms with Crippen LogP contribution in [-0.2, 0) is 4.74 Å². The standard InChI is InChI=1S/C22H18N6O4/c1-14(15-3-2-4-19(5-15)28(29)30)32-21-6-16(10-27-22(21)17(7-23)8-25-27)18-9-24-26(11-18)20-12-31-13-20/h2-6,8-11,14,20H,12-13H2,1H3/t14-/m1/s1. The second-order valence-electron chi connectivity index (χ2n) is 7.57. The summed E-state index contributed by atoms with van der Waals surface area (Å²) in [6, 6.07) is 10.5. The van der Waals surface area contributed by atoms with Gasteiger partial charge in [-0.2, -0.15) is 15.5 Å². The number of nitriles is 1. The summed E-state index contributed by atoms with van der Waals surface area (Å²) in [7, 11) is 0. The number of nitrogens with zero attached hydrogens (tertiary/aromatic N) is 6. The predicted molar refractivity (Wildman–Crippen MR) is 113 cm³/mol. The van der Waals surface area contributed by atoms with Crippen LogP contribution in [-0.4, -0.2) is 37.5 Å². The van der Waals surface area contributed by atoms with Gasteiger partial charge in [-0.15, -0.1) is 0 Å². The van der Waals surface area contributed by atoms with Crippen molar-refractivity contribution in [3.8, 4) is 22.9 Å². The molecule has 4 aromatic rings. The zero-order chi connectivity index (χ0) is 22.2. The minimum atomic E-state index is -0.495. The van der Waals surface area contributed by atoms with Crippen LogP contribution in [0.4, 0.5) is 5.69 Å². The zero-order valence-corrected chi connectivity index (χ0v) is 17.1. The number of hydrogen-bond acceptors (Lipinski definition) is 7. The molecule has 1 fully saturated rings. The third-order valence-corrected chi connectivity index (χ3v) is 5.48. The summed E-state index contributed by atoms with van der Waals surface area (Å²) >= 11 is 0. The van der Waals surface area contributed by atoms with E-state index in [0.717, 1.165) is 11.1 Å². The average molecular weight is 430 g/mol. The van der Waals surface area contributed by atoms with E-state index in [1.165, 1.54) is 18.3 Å². The third kappa shape index (κ3) is 3.44. The summed E-state index contributed by atoms with van der Waals surface area (Å²) in [5.74, 6) is 0.454. The maximum absolute atomic E-state index is 11.1. The molecule has 0 spiro atoms. The number of ether oxygens (including phenoxy) is 2. The minimum absolute atomic E-state index is 0.00805. The highest BCUT2D eigenvalue weighted by Gasteiger charge is 2.22. The van der Waals surface area contributed by atoms with Gasteiger partial charge in [-0.25, -0.2) is 4.52 Å². The van der Waals surface area contributed by atoms with Crippen molar-refractivity contribution < 1.29 is 14.4 Å². The lowest BCUT2D eigenvalue weighted by Crippen LogP contribution is -2.30. The topological polar surface area (TPSA) is 121 Å². The molecule has 0 saturated carbocycles. The van der Waals surface area contributed by atoms with Gasteiger partial charge in [0.2, 0.25) is 0 Å². The van der Waals surface area contributed by atoms with E-state index in [4.69, 9.17) is 9.47 Å². The molecule has 160 valence electrons. The second-order valence-corrected chi connectivity index (χ2v) is 7.57. The average Bonchev–Trinajstić information content (AvgIpc) is 3.39. The smallest absolute Gasteiger partial charge is 0.269 e. The lowest BCUT2D eigenvalue weighted by Gasteiger charge is -2.25. The predicted octanol–water partition coefficient (Wildman–Crippen LogP) is 3.69. The summed E-state index contributed by atoms with van der Waals surface area (Å²) < 4.78 is 14.9. The molecule has 3 aromatic heterocycles. The lowest BCUT2D eigenvalue weighted by atomic mass is 10.1. The highest BCUT2D eigenvalue weighted by molar-refractivity contribution is 5.75. The summed E-state index contributed by atoms with van der Waals surface area (Å²) in [5.41, 5.74) is 3.25. The Morgan fingerprint density at radius 3 is 2.81 bits per heavy atom. The number of aromatic nitrogens is 4. The molecule has 1 aliphatic rings. The number of pyridine rings is 1. The van der Waals surface area contributed by atoms with Crippen molar-refractivity contribution in [1.82, 2.24) is 19.4 Å². The summed E-state index contributed by atoms with van der Waals surface area (Å²) in [5, 5.41) is 29.4. The molecule has 10 heteroatoms. The molecule has 0 radical (unpaired) electrons. The maximum atomic E-state index is 11.1. The first-order valence-corrected chi connectivity index (χ1v) is 9.98. The number of benzene rings is 1. The molecule has 0 amide bonds. The van der Waals surface area contributed by atoms with Crippen LogP contribution in [0.5, 0.6) is 5.75 Å². The van der Waals surface area contributed by atoms with E-state index in [-0.39, 0.29) is 11.7 Å². The molecular formula is C22H18N6O4. The Morgan fingerprint density at radius 1 is 1.25 bits per heavy atom. The molecule has 0 bridgehead atoms. The summed E-state index contributed by atoms with van der Waals surface area (Å²) in [4.78, 5) is 10.7. The molecule has 5 rings (SSSR count). The quantitative estimate of drug-likeness (QED) is 0.338. The van der Waals surface area contributed by atoms with Gasteiger partial charge < -0.3 is 9.47 Å². The van der Waals surface area contributed by atoms with E-state index in [1.54, 1.807) is 29.8 Å². The van der Waals surface area contributed by atoms with E-state index in [2.05, 4.69) is 16.3 Å². The van der Waals surface area contributed by atoms with Gasteiger partial charge in [0.05, 0.1) is 36.6 Å². The Labute approximate surface area is 182 Å². The summed E-state index contributed by atoms with van der Waals surface area (Å²) in [6.45, 7) is 3.08. The van der Waals surface area contributed by atoms with Crippen molar-refractivity contribution in [3.05, 3.63) is 76.4 Å². The third-order valence-electron chi connectivity index (χ3n) is 5.48. The molecule has 1 saturated heterocycles. The number of nitro groups is 1. The monoisotopic (exact) mass is 430 g/mol. The Hall–Kier alpha value is -4.23. The van der Waals surface area contributed by atoms with Crippen molar-refractivity contribution in [2.24, 2.45) is 0 Å². The first kappa shape index (κ1) is 19.7. The summed E-state index contributed by atoms with van der Waals surface area (Å²) in [6.07, 6.45) is 6.52. The molecule has 4 heterocycles. The molecule has 1 atom stereocenters. The maximum Gasteiger partial charge on any atom is 0.269 e. The Kier molecular flexibility index (Phi) is 4.80. The van der Waals surface area contributed by atoms with Gasteiger partial charge in [-0.1, -0.05) is 12.1 Å². The van der Waals surface area contributed by atoms with Crippen molar-refractivity contribution in [2.45, 2.75) is 19.1 Å². The molecule has 32 heavy (non-hydrogen) atoms. The van der Waals surface area contributed by atoms with Crippen molar-refractivity contribution >= 4 is 11.2 Å². The van der Waals surface area contributed by atoms with Gasteiger partial charge in [0.1, 0.15) is 29.0 Å². The minimum Gasteiger partial charge on any atom is -0.484 e. The van der Waals surface area contributed by atoms with Crippen LogP contribution in [0.25, 0.3) is 16.6 Å². The van der Waals surface area contributed by atoms with Crippen molar-refractivity contribution in [3.63, 3.8) is 0 Å². The fourth-order valence-corrected chi connectivity index (χ4v) is 3.63. The SMILES string of the molecule is C[C@@H](Oc1cc(-c2cnn(C3COC3)c2)cn2ncc(C#N)c12)c1cccc([N+](=O)[O-])c1. The Morgan fingerprint density at radius 2 is 2.09 bits per heavy atom. The van der Waals surface area contributed by atoms with E-state index in [1.807, 2.05) is 23.1 Å². The van der Waals surface area contributed by atoms with Gasteiger partial charge in [-0.05, 0) is 18.6 Å². The van der Waals surface area contributed by atoms with Crippen molar-refractivity contribution in [2.75, 3.05) is 13.2 Å². The van der Waals surface area contributed by atoms with Crippen LogP contribution in [0, 0.1) is 21.4 Å². The molecular weight excluding hydrogens is 412 g/mol. The normalized spacial score (nSPS) is 14.6. The van der Waals surface area contributed by atoms with Crippen LogP contribution in [0.15, 0.2) is 55.1 Å². The number of rotatable bonds is 6. The molecule has 0 unspecified atom stereocenters. The lowest BCUT2D eigenvalue weighted by molar-refractivity contribution is -0.385. The van der Waals surface area contributed by atoms with Crippen molar-refractivity contribution in [1.29, 1.82) is 5.26 Å².